The molecule has 2 N–H and O–H groups in total. The van der Waals surface area contributed by atoms with Crippen LogP contribution in [0.5, 0.6) is 0 Å². The number of amides is 1. The van der Waals surface area contributed by atoms with Gasteiger partial charge in [-0.25, -0.2) is 9.78 Å². The Morgan fingerprint density at radius 2 is 1.97 bits per heavy atom. The van der Waals surface area contributed by atoms with Crippen LogP contribution >= 0.6 is 11.3 Å². The van der Waals surface area contributed by atoms with Gasteiger partial charge in [0.15, 0.2) is 10.7 Å². The molecule has 0 aliphatic carbocycles. The zero-order chi connectivity index (χ0) is 20.9. The lowest BCUT2D eigenvalue weighted by Gasteiger charge is -2.32. The van der Waals surface area contributed by atoms with Crippen molar-refractivity contribution in [2.75, 3.05) is 5.32 Å². The molecule has 0 saturated carbocycles. The maximum Gasteiger partial charge on any atom is 0.339 e. The number of hydrogen-bond acceptors (Lipinski definition) is 5. The van der Waals surface area contributed by atoms with Gasteiger partial charge in [0.2, 0.25) is 0 Å². The Hall–Kier alpha value is -3.45. The molecular weight excluding hydrogens is 398 g/mol. The number of aromatic nitrogens is 2. The number of H-pyrrole nitrogens is 1. The predicted octanol–water partition coefficient (Wildman–Crippen LogP) is 4.71. The third-order valence-electron chi connectivity index (χ3n) is 5.44. The fraction of sp³-hybridized carbons (Fsp3) is 0.174. The molecule has 2 aromatic carbocycles. The Morgan fingerprint density at radius 3 is 2.83 bits per heavy atom. The maximum atomic E-state index is 13.0. The summed E-state index contributed by atoms with van der Waals surface area (Å²) >= 11 is 1.35. The topological polar surface area (TPSA) is 84.1 Å². The molecule has 1 unspecified atom stereocenters. The number of fused-ring (bicyclic) bond motifs is 2. The van der Waals surface area contributed by atoms with Crippen LogP contribution in [0.3, 0.4) is 0 Å². The molecule has 3 heterocycles. The van der Waals surface area contributed by atoms with Crippen molar-refractivity contribution in [3.63, 3.8) is 0 Å². The van der Waals surface area contributed by atoms with Gasteiger partial charge in [-0.15, -0.1) is 11.3 Å². The minimum atomic E-state index is -1.28. The molecular formula is C23H19N3O3S. The number of aryl methyl sites for hydroxylation is 1. The number of ether oxygens (including phenoxy) is 1. The maximum absolute atomic E-state index is 13.0. The Morgan fingerprint density at radius 1 is 1.20 bits per heavy atom. The lowest BCUT2D eigenvalue weighted by molar-refractivity contribution is -0.134. The van der Waals surface area contributed by atoms with Crippen LogP contribution in [0.1, 0.15) is 28.5 Å². The van der Waals surface area contributed by atoms with Crippen molar-refractivity contribution >= 4 is 39.2 Å². The van der Waals surface area contributed by atoms with Crippen molar-refractivity contribution in [2.24, 2.45) is 0 Å². The molecule has 1 aliphatic heterocycles. The minimum absolute atomic E-state index is 0.320. The van der Waals surface area contributed by atoms with Crippen LogP contribution in [0.4, 0.5) is 5.13 Å². The summed E-state index contributed by atoms with van der Waals surface area (Å²) in [6.45, 7) is 3.64. The second kappa shape index (κ2) is 6.81. The average Bonchev–Trinajstić information content (AvgIpc) is 3.30. The van der Waals surface area contributed by atoms with Crippen molar-refractivity contribution in [3.8, 4) is 11.3 Å². The van der Waals surface area contributed by atoms with Gasteiger partial charge in [0, 0.05) is 34.0 Å². The number of rotatable bonds is 3. The molecule has 0 bridgehead atoms. The van der Waals surface area contributed by atoms with E-state index < -0.39 is 11.6 Å². The van der Waals surface area contributed by atoms with Gasteiger partial charge in [-0.05, 0) is 31.5 Å². The van der Waals surface area contributed by atoms with E-state index in [2.05, 4.69) is 15.3 Å². The molecule has 0 saturated heterocycles. The normalized spacial score (nSPS) is 18.1. The predicted molar refractivity (Wildman–Crippen MR) is 117 cm³/mol. The molecule has 1 aliphatic rings. The van der Waals surface area contributed by atoms with Gasteiger partial charge < -0.3 is 9.72 Å². The molecule has 7 heteroatoms. The highest BCUT2D eigenvalue weighted by Gasteiger charge is 2.42. The van der Waals surface area contributed by atoms with E-state index in [-0.39, 0.29) is 5.91 Å². The summed E-state index contributed by atoms with van der Waals surface area (Å²) in [5, 5.41) is 6.31. The van der Waals surface area contributed by atoms with E-state index in [0.717, 1.165) is 33.4 Å². The van der Waals surface area contributed by atoms with Crippen LogP contribution in [-0.4, -0.2) is 27.4 Å². The first kappa shape index (κ1) is 18.6. The Kier molecular flexibility index (Phi) is 4.22. The number of thiazole rings is 1. The smallest absolute Gasteiger partial charge is 0.339 e. The number of anilines is 1. The highest BCUT2D eigenvalue weighted by atomic mass is 32.1. The van der Waals surface area contributed by atoms with Crippen LogP contribution in [-0.2, 0) is 16.0 Å². The SMILES string of the molecule is Cc1[nH]c2ccccc2c1-c1csc(NC(=O)C2(C)Cc3ccccc3C(=O)O2)n1. The monoisotopic (exact) mass is 417 g/mol. The van der Waals surface area contributed by atoms with Gasteiger partial charge >= 0.3 is 5.97 Å². The summed E-state index contributed by atoms with van der Waals surface area (Å²) in [6.07, 6.45) is 0.320. The Balaban J connectivity index is 1.41. The van der Waals surface area contributed by atoms with E-state index in [1.165, 1.54) is 11.3 Å². The molecule has 0 radical (unpaired) electrons. The number of aromatic amines is 1. The molecule has 4 aromatic rings. The zero-order valence-electron chi connectivity index (χ0n) is 16.5. The van der Waals surface area contributed by atoms with Crippen molar-refractivity contribution in [2.45, 2.75) is 25.9 Å². The number of cyclic esters (lactones) is 1. The van der Waals surface area contributed by atoms with Gasteiger partial charge in [0.25, 0.3) is 5.91 Å². The zero-order valence-corrected chi connectivity index (χ0v) is 17.3. The molecule has 1 atom stereocenters. The van der Waals surface area contributed by atoms with E-state index in [1.807, 2.05) is 48.7 Å². The largest absolute Gasteiger partial charge is 0.445 e. The molecule has 30 heavy (non-hydrogen) atoms. The summed E-state index contributed by atoms with van der Waals surface area (Å²) in [5.41, 5.74) is 3.91. The first-order valence-electron chi connectivity index (χ1n) is 9.60. The van der Waals surface area contributed by atoms with E-state index in [1.54, 1.807) is 19.1 Å². The van der Waals surface area contributed by atoms with E-state index in [9.17, 15) is 9.59 Å². The van der Waals surface area contributed by atoms with E-state index in [0.29, 0.717) is 17.1 Å². The van der Waals surface area contributed by atoms with Gasteiger partial charge in [-0.1, -0.05) is 36.4 Å². The standard InChI is InChI=1S/C23H19N3O3S/c1-13-19(16-9-5-6-10-17(16)24-13)18-12-30-22(25-18)26-21(28)23(2)11-14-7-3-4-8-15(14)20(27)29-23/h3-10,12,24H,11H2,1-2H3,(H,25,26,28). The van der Waals surface area contributed by atoms with Crippen molar-refractivity contribution in [1.29, 1.82) is 0 Å². The Labute approximate surface area is 176 Å². The second-order valence-corrected chi connectivity index (χ2v) is 8.48. The summed E-state index contributed by atoms with van der Waals surface area (Å²) < 4.78 is 5.51. The molecule has 6 nitrogen and oxygen atoms in total. The molecule has 2 aromatic heterocycles. The molecule has 150 valence electrons. The number of benzene rings is 2. The van der Waals surface area contributed by atoms with Gasteiger partial charge in [-0.2, -0.15) is 0 Å². The summed E-state index contributed by atoms with van der Waals surface area (Å²) in [7, 11) is 0. The number of carbonyl (C=O) groups excluding carboxylic acids is 2. The van der Waals surface area contributed by atoms with Crippen molar-refractivity contribution in [1.82, 2.24) is 9.97 Å². The van der Waals surface area contributed by atoms with Crippen LogP contribution in [0.2, 0.25) is 0 Å². The highest BCUT2D eigenvalue weighted by molar-refractivity contribution is 7.14. The van der Waals surface area contributed by atoms with Crippen LogP contribution < -0.4 is 5.32 Å². The minimum Gasteiger partial charge on any atom is -0.445 e. The van der Waals surface area contributed by atoms with E-state index >= 15 is 0 Å². The lowest BCUT2D eigenvalue weighted by atomic mass is 9.89. The number of esters is 1. The molecule has 0 fully saturated rings. The van der Waals surface area contributed by atoms with E-state index in [4.69, 9.17) is 4.74 Å². The van der Waals surface area contributed by atoms with Crippen molar-refractivity contribution < 1.29 is 14.3 Å². The summed E-state index contributed by atoms with van der Waals surface area (Å²) in [4.78, 5) is 33.3. The highest BCUT2D eigenvalue weighted by Crippen LogP contribution is 2.35. The summed E-state index contributed by atoms with van der Waals surface area (Å²) in [6, 6.07) is 15.2. The van der Waals surface area contributed by atoms with Gasteiger partial charge in [0.1, 0.15) is 0 Å². The third-order valence-corrected chi connectivity index (χ3v) is 6.20. The number of carbonyl (C=O) groups is 2. The van der Waals surface area contributed by atoms with Gasteiger partial charge in [-0.3, -0.25) is 10.1 Å². The third kappa shape index (κ3) is 2.98. The molecule has 1 amide bonds. The fourth-order valence-corrected chi connectivity index (χ4v) is 4.64. The van der Waals surface area contributed by atoms with Crippen LogP contribution in [0, 0.1) is 6.92 Å². The first-order valence-corrected chi connectivity index (χ1v) is 10.5. The molecule has 5 rings (SSSR count). The van der Waals surface area contributed by atoms with Crippen LogP contribution in [0.25, 0.3) is 22.2 Å². The molecule has 0 spiro atoms. The van der Waals surface area contributed by atoms with Crippen molar-refractivity contribution in [3.05, 3.63) is 70.7 Å². The quantitative estimate of drug-likeness (QED) is 0.473. The average molecular weight is 417 g/mol. The van der Waals surface area contributed by atoms with Crippen LogP contribution in [0.15, 0.2) is 53.9 Å². The van der Waals surface area contributed by atoms with Gasteiger partial charge in [0.05, 0.1) is 11.3 Å². The first-order chi connectivity index (χ1) is 14.4. The number of hydrogen-bond donors (Lipinski definition) is 2. The lowest BCUT2D eigenvalue weighted by Crippen LogP contribution is -2.48. The fourth-order valence-electron chi connectivity index (χ4n) is 3.94. The summed E-state index contributed by atoms with van der Waals surface area (Å²) in [5.74, 6) is -0.870. The Bertz CT molecular complexity index is 1310. The number of para-hydroxylation sites is 1. The number of nitrogens with one attached hydrogen (secondary N) is 2. The second-order valence-electron chi connectivity index (χ2n) is 7.62. The number of nitrogens with zero attached hydrogens (tertiary/aromatic N) is 1.